The lowest BCUT2D eigenvalue weighted by Gasteiger charge is -2.40. The van der Waals surface area contributed by atoms with E-state index >= 15 is 0 Å². The standard InChI is InChI=1S/C25H27F3N2O4.C21H20F3N3O.C21H21F3N2O3/c1-15-4-8-21(20(11-15)24(31)34-23-3-2-10-32-23)33-19-12-17-6-7-18(13-19)30(17)22-9-5-16(14-29-22)25(26,27)28;1-13-2-6-19(14(8-13)11-25)28-18-9-16-4-5-17(10-18)27(16)20-7-3-15(12-26-20)21(22,23)24;1-12-2-6-18(17(8-12)20(27)28)29-16-9-14-4-5-15(10-16)26(14)19-7-3-13(11-25-19)21(22,23)24/h4-5,8-9,11,14,17-19,23H,2-3,6-7,10,12-13H2,1H3;2-3,6-8,12,16-18H,4-5,9-10H2,1H3;2-3,6-8,11,14-16H,4-5,9-10H2,1H3,(H,27,28)/t17-,18+,19?,23?;16-,17+,18?;14-,15+,16?. The van der Waals surface area contributed by atoms with Crippen LogP contribution in [0.1, 0.15) is 150 Å². The first-order valence-electron chi connectivity index (χ1n) is 30.6. The molecule has 482 valence electrons. The molecule has 0 amide bonds. The lowest BCUT2D eigenvalue weighted by molar-refractivity contribution is -0.138. The molecule has 13 rings (SSSR count). The van der Waals surface area contributed by atoms with Crippen LogP contribution >= 0.6 is 0 Å². The number of aryl methyl sites for hydroxylation is 3. The summed E-state index contributed by atoms with van der Waals surface area (Å²) in [6, 6.07) is 26.7. The minimum atomic E-state index is -4.40. The largest absolute Gasteiger partial charge is 0.489 e. The summed E-state index contributed by atoms with van der Waals surface area (Å²) in [6.45, 7) is 6.25. The number of anilines is 3. The molecule has 0 saturated carbocycles. The summed E-state index contributed by atoms with van der Waals surface area (Å²) >= 11 is 0. The van der Waals surface area contributed by atoms with Crippen molar-refractivity contribution < 1.29 is 77.9 Å². The average Bonchev–Trinajstić information content (AvgIpc) is 1.72. The molecule has 1 N–H and O–H groups in total. The lowest BCUT2D eigenvalue weighted by atomic mass is 9.99. The van der Waals surface area contributed by atoms with Crippen LogP contribution in [-0.4, -0.2) is 99.5 Å². The number of halogens is 9. The molecule has 10 heterocycles. The van der Waals surface area contributed by atoms with Gasteiger partial charge in [-0.3, -0.25) is 0 Å². The smallest absolute Gasteiger partial charge is 0.417 e. The summed E-state index contributed by atoms with van der Waals surface area (Å²) in [7, 11) is 0. The Bertz CT molecular complexity index is 3560. The van der Waals surface area contributed by atoms with Crippen LogP contribution < -0.4 is 28.9 Å². The van der Waals surface area contributed by atoms with E-state index in [1.807, 2.05) is 51.1 Å². The summed E-state index contributed by atoms with van der Waals surface area (Å²) in [5.74, 6) is 1.65. The van der Waals surface area contributed by atoms with Crippen molar-refractivity contribution in [3.8, 4) is 23.3 Å². The number of piperidine rings is 3. The van der Waals surface area contributed by atoms with Gasteiger partial charge in [-0.2, -0.15) is 44.8 Å². The molecule has 3 aromatic heterocycles. The third-order valence-corrected chi connectivity index (χ3v) is 18.1. The second kappa shape index (κ2) is 26.5. The maximum Gasteiger partial charge on any atom is 0.417 e. The van der Waals surface area contributed by atoms with Crippen molar-refractivity contribution in [2.75, 3.05) is 21.3 Å². The maximum atomic E-state index is 12.9. The van der Waals surface area contributed by atoms with Gasteiger partial charge in [0.05, 0.1) is 28.9 Å². The zero-order valence-corrected chi connectivity index (χ0v) is 50.1. The first-order chi connectivity index (χ1) is 43.3. The minimum Gasteiger partial charge on any atom is -0.489 e. The van der Waals surface area contributed by atoms with Crippen molar-refractivity contribution in [3.05, 3.63) is 160 Å². The molecule has 7 fully saturated rings. The summed E-state index contributed by atoms with van der Waals surface area (Å²) < 4.78 is 145. The Morgan fingerprint density at radius 1 is 0.505 bits per heavy atom. The van der Waals surface area contributed by atoms with Crippen molar-refractivity contribution in [1.29, 1.82) is 5.26 Å². The van der Waals surface area contributed by atoms with E-state index in [2.05, 4.69) is 35.7 Å². The van der Waals surface area contributed by atoms with E-state index in [-0.39, 0.29) is 60.1 Å². The van der Waals surface area contributed by atoms with Crippen molar-refractivity contribution in [3.63, 3.8) is 0 Å². The third kappa shape index (κ3) is 14.9. The van der Waals surface area contributed by atoms with Crippen LogP contribution in [-0.2, 0) is 28.0 Å². The predicted octanol–water partition coefficient (Wildman–Crippen LogP) is 14.8. The maximum absolute atomic E-state index is 12.9. The number of rotatable bonds is 12. The summed E-state index contributed by atoms with van der Waals surface area (Å²) in [6.07, 6.45) is 0.144. The number of nitrogens with zero attached hydrogens (tertiary/aromatic N) is 7. The predicted molar refractivity (Wildman–Crippen MR) is 316 cm³/mol. The van der Waals surface area contributed by atoms with Gasteiger partial charge in [-0.05, 0) is 144 Å². The van der Waals surface area contributed by atoms with Crippen LogP contribution in [0, 0.1) is 32.1 Å². The number of benzene rings is 3. The Morgan fingerprint density at radius 3 is 1.19 bits per heavy atom. The van der Waals surface area contributed by atoms with E-state index < -0.39 is 53.4 Å². The molecule has 15 nitrogen and oxygen atoms in total. The van der Waals surface area contributed by atoms with Crippen LogP contribution in [0.2, 0.25) is 0 Å². The Balaban J connectivity index is 0.000000141. The highest BCUT2D eigenvalue weighted by atomic mass is 19.4. The molecular weight excluding hydrogens is 1200 g/mol. The average molecular weight is 1270 g/mol. The number of pyridine rings is 3. The van der Waals surface area contributed by atoms with Crippen molar-refractivity contribution in [1.82, 2.24) is 15.0 Å². The Labute approximate surface area is 520 Å². The summed E-state index contributed by atoms with van der Waals surface area (Å²) in [4.78, 5) is 42.9. The molecule has 0 aliphatic carbocycles. The Kier molecular flexibility index (Phi) is 18.7. The van der Waals surface area contributed by atoms with Crippen LogP contribution in [0.25, 0.3) is 0 Å². The summed E-state index contributed by atoms with van der Waals surface area (Å²) in [5.41, 5.74) is 1.60. The number of aromatic nitrogens is 3. The number of aromatic carboxylic acids is 1. The van der Waals surface area contributed by atoms with Gasteiger partial charge in [-0.15, -0.1) is 0 Å². The topological polar surface area (TPSA) is 173 Å². The molecule has 7 aliphatic heterocycles. The number of carboxylic acids is 1. The molecule has 3 aromatic carbocycles. The molecule has 0 spiro atoms. The monoisotopic (exact) mass is 1270 g/mol. The molecule has 10 atom stereocenters. The number of carboxylic acid groups (broad SMARTS) is 1. The first-order valence-corrected chi connectivity index (χ1v) is 30.6. The fraction of sp³-hybridized carbons (Fsp3) is 0.463. The molecular formula is C67H68F9N7O8. The van der Waals surface area contributed by atoms with Crippen LogP contribution in [0.15, 0.2) is 110 Å². The zero-order valence-electron chi connectivity index (χ0n) is 50.1. The van der Waals surface area contributed by atoms with E-state index in [0.29, 0.717) is 84.5 Å². The van der Waals surface area contributed by atoms with Gasteiger partial charge in [-0.25, -0.2) is 24.5 Å². The number of esters is 1. The van der Waals surface area contributed by atoms with Gasteiger partial charge in [0.25, 0.3) is 0 Å². The third-order valence-electron chi connectivity index (χ3n) is 18.1. The molecule has 24 heteroatoms. The number of fused-ring (bicyclic) bond motifs is 6. The number of alkyl halides is 9. The van der Waals surface area contributed by atoms with Gasteiger partial charge in [-0.1, -0.05) is 29.3 Å². The van der Waals surface area contributed by atoms with Gasteiger partial charge in [0.15, 0.2) is 0 Å². The van der Waals surface area contributed by atoms with Crippen molar-refractivity contribution in [2.24, 2.45) is 0 Å². The van der Waals surface area contributed by atoms with Crippen molar-refractivity contribution >= 4 is 29.4 Å². The van der Waals surface area contributed by atoms with Gasteiger partial charge in [0.1, 0.15) is 70.2 Å². The SMILES string of the molecule is Cc1ccc(OC2C[C@H]3CC[C@@H](C2)N3c2ccc(C(F)(F)F)cn2)c(C#N)c1.Cc1ccc(OC2C[C@H]3CC[C@@H](C2)N3c2ccc(C(F)(F)F)cn2)c(C(=O)O)c1.Cc1ccc(OC2C[C@H]3CC[C@@H](C2)N3c2ccc(C(F)(F)F)cn2)c(C(=O)OC2CCCO2)c1. The van der Waals surface area contributed by atoms with E-state index in [0.717, 1.165) is 111 Å². The van der Waals surface area contributed by atoms with Gasteiger partial charge in [0, 0.05) is 99.8 Å². The number of carbonyl (C=O) groups excluding carboxylic acids is 1. The number of ether oxygens (including phenoxy) is 5. The normalized spacial score (nSPS) is 24.9. The summed E-state index contributed by atoms with van der Waals surface area (Å²) in [5, 5.41) is 18.8. The molecule has 7 aliphatic rings. The van der Waals surface area contributed by atoms with Crippen LogP contribution in [0.5, 0.6) is 17.2 Å². The van der Waals surface area contributed by atoms with E-state index in [9.17, 15) is 59.5 Å². The molecule has 7 saturated heterocycles. The molecule has 6 aromatic rings. The molecule has 91 heavy (non-hydrogen) atoms. The van der Waals surface area contributed by atoms with Gasteiger partial charge >= 0.3 is 30.5 Å². The Morgan fingerprint density at radius 2 is 0.857 bits per heavy atom. The van der Waals surface area contributed by atoms with E-state index in [4.69, 9.17) is 23.7 Å². The zero-order chi connectivity index (χ0) is 64.5. The molecule has 4 unspecified atom stereocenters. The fourth-order valence-corrected chi connectivity index (χ4v) is 13.9. The molecule has 6 bridgehead atoms. The molecule has 0 radical (unpaired) electrons. The second-order valence-electron chi connectivity index (χ2n) is 24.5. The highest BCUT2D eigenvalue weighted by Gasteiger charge is 2.46. The highest BCUT2D eigenvalue weighted by Crippen LogP contribution is 2.45. The lowest BCUT2D eigenvalue weighted by Crippen LogP contribution is -2.47. The Hall–Kier alpha value is -8.33. The first kappa shape index (κ1) is 64.2. The van der Waals surface area contributed by atoms with E-state index in [1.54, 1.807) is 24.3 Å². The van der Waals surface area contributed by atoms with Crippen LogP contribution in [0.3, 0.4) is 0 Å². The van der Waals surface area contributed by atoms with Gasteiger partial charge < -0.3 is 43.5 Å². The number of hydrogen-bond donors (Lipinski definition) is 1. The van der Waals surface area contributed by atoms with Crippen LogP contribution in [0.4, 0.5) is 57.0 Å². The minimum absolute atomic E-state index is 0.0157. The quantitative estimate of drug-likeness (QED) is 0.0905. The number of nitriles is 1. The van der Waals surface area contributed by atoms with E-state index in [1.165, 1.54) is 18.2 Å². The number of carbonyl (C=O) groups is 2. The number of hydrogen-bond acceptors (Lipinski definition) is 14. The highest BCUT2D eigenvalue weighted by molar-refractivity contribution is 5.93. The second-order valence-corrected chi connectivity index (χ2v) is 24.5. The van der Waals surface area contributed by atoms with Crippen molar-refractivity contribution in [2.45, 2.75) is 190 Å². The fourth-order valence-electron chi connectivity index (χ4n) is 13.9. The van der Waals surface area contributed by atoms with Gasteiger partial charge in [0.2, 0.25) is 6.29 Å².